The molecule has 1 saturated heterocycles. The highest BCUT2D eigenvalue weighted by Gasteiger charge is 2.37. The normalized spacial score (nSPS) is 20.8. The third-order valence-electron chi connectivity index (χ3n) is 4.60. The molecule has 138 valence electrons. The van der Waals surface area contributed by atoms with Gasteiger partial charge in [-0.15, -0.1) is 0 Å². The first-order chi connectivity index (χ1) is 11.6. The predicted octanol–water partition coefficient (Wildman–Crippen LogP) is 2.87. The smallest absolute Gasteiger partial charge is 0.351 e. The predicted molar refractivity (Wildman–Crippen MR) is 87.7 cm³/mol. The Hall–Kier alpha value is -2.05. The molecule has 0 aromatic heterocycles. The van der Waals surface area contributed by atoms with E-state index in [2.05, 4.69) is 5.32 Å². The molecule has 25 heavy (non-hydrogen) atoms. The van der Waals surface area contributed by atoms with Crippen molar-refractivity contribution in [1.82, 2.24) is 10.2 Å². The molecule has 0 saturated carbocycles. The minimum Gasteiger partial charge on any atom is -0.351 e. The lowest BCUT2D eigenvalue weighted by Gasteiger charge is -2.21. The van der Waals surface area contributed by atoms with Crippen LogP contribution in [0.5, 0.6) is 0 Å². The van der Waals surface area contributed by atoms with E-state index >= 15 is 0 Å². The highest BCUT2D eigenvalue weighted by molar-refractivity contribution is 5.79. The lowest BCUT2D eigenvalue weighted by molar-refractivity contribution is -0.137. The number of hydrogen-bond acceptors (Lipinski definition) is 2. The first kappa shape index (κ1) is 19.3. The van der Waals surface area contributed by atoms with Crippen molar-refractivity contribution in [3.8, 4) is 0 Å². The summed E-state index contributed by atoms with van der Waals surface area (Å²) in [6.45, 7) is 6.51. The van der Waals surface area contributed by atoms with E-state index in [4.69, 9.17) is 0 Å². The van der Waals surface area contributed by atoms with E-state index < -0.39 is 11.7 Å². The van der Waals surface area contributed by atoms with Gasteiger partial charge in [0.1, 0.15) is 0 Å². The fourth-order valence-corrected chi connectivity index (χ4v) is 3.22. The molecule has 1 aliphatic heterocycles. The average molecular weight is 356 g/mol. The Kier molecular flexibility index (Phi) is 5.75. The minimum absolute atomic E-state index is 0.0513. The van der Waals surface area contributed by atoms with Gasteiger partial charge in [-0.2, -0.15) is 13.2 Å². The number of likely N-dealkylation sites (tertiary alicyclic amines) is 1. The Labute approximate surface area is 145 Å². The van der Waals surface area contributed by atoms with E-state index in [1.54, 1.807) is 4.90 Å². The van der Waals surface area contributed by atoms with Gasteiger partial charge in [0.2, 0.25) is 11.8 Å². The van der Waals surface area contributed by atoms with Crippen LogP contribution in [0.15, 0.2) is 24.3 Å². The average Bonchev–Trinajstić information content (AvgIpc) is 2.90. The largest absolute Gasteiger partial charge is 0.416 e. The fraction of sp³-hybridized carbons (Fsp3) is 0.556. The Balaban J connectivity index is 2.02. The maximum absolute atomic E-state index is 12.6. The van der Waals surface area contributed by atoms with E-state index in [1.165, 1.54) is 19.1 Å². The summed E-state index contributed by atoms with van der Waals surface area (Å²) in [5.41, 5.74) is -0.183. The molecule has 0 unspecified atom stereocenters. The SMILES string of the molecule is CC(=O)N[C@@H]1CN(C(=O)Cc2ccc(C(F)(F)F)cc2)C[C@H]1C(C)C. The van der Waals surface area contributed by atoms with Crippen molar-refractivity contribution in [2.45, 2.75) is 39.4 Å². The molecule has 0 radical (unpaired) electrons. The molecular formula is C18H23F3N2O2. The lowest BCUT2D eigenvalue weighted by atomic mass is 9.91. The molecule has 2 rings (SSSR count). The molecule has 7 heteroatoms. The quantitative estimate of drug-likeness (QED) is 0.902. The molecule has 1 N–H and O–H groups in total. The number of benzene rings is 1. The number of halogens is 3. The summed E-state index contributed by atoms with van der Waals surface area (Å²) in [7, 11) is 0. The summed E-state index contributed by atoms with van der Waals surface area (Å²) in [5.74, 6) is 0.201. The zero-order chi connectivity index (χ0) is 18.8. The van der Waals surface area contributed by atoms with Crippen molar-refractivity contribution >= 4 is 11.8 Å². The number of nitrogens with zero attached hydrogens (tertiary/aromatic N) is 1. The van der Waals surface area contributed by atoms with Crippen LogP contribution < -0.4 is 5.32 Å². The van der Waals surface area contributed by atoms with Crippen LogP contribution in [-0.2, 0) is 22.2 Å². The topological polar surface area (TPSA) is 49.4 Å². The van der Waals surface area contributed by atoms with Crippen LogP contribution in [0, 0.1) is 11.8 Å². The minimum atomic E-state index is -4.38. The second-order valence-electron chi connectivity index (χ2n) is 6.89. The summed E-state index contributed by atoms with van der Waals surface area (Å²) in [4.78, 5) is 25.5. The lowest BCUT2D eigenvalue weighted by Crippen LogP contribution is -2.41. The van der Waals surface area contributed by atoms with Gasteiger partial charge < -0.3 is 10.2 Å². The summed E-state index contributed by atoms with van der Waals surface area (Å²) >= 11 is 0. The van der Waals surface area contributed by atoms with Crippen LogP contribution in [0.3, 0.4) is 0 Å². The molecule has 1 aliphatic rings. The van der Waals surface area contributed by atoms with Gasteiger partial charge >= 0.3 is 6.18 Å². The van der Waals surface area contributed by atoms with Crippen LogP contribution in [-0.4, -0.2) is 35.8 Å². The van der Waals surface area contributed by atoms with Crippen LogP contribution in [0.1, 0.15) is 31.9 Å². The zero-order valence-electron chi connectivity index (χ0n) is 14.6. The van der Waals surface area contributed by atoms with Gasteiger partial charge in [0.15, 0.2) is 0 Å². The van der Waals surface area contributed by atoms with E-state index in [1.807, 2.05) is 13.8 Å². The van der Waals surface area contributed by atoms with E-state index in [9.17, 15) is 22.8 Å². The molecule has 1 aromatic carbocycles. The van der Waals surface area contributed by atoms with Crippen molar-refractivity contribution in [2.24, 2.45) is 11.8 Å². The van der Waals surface area contributed by atoms with Crippen molar-refractivity contribution in [3.63, 3.8) is 0 Å². The van der Waals surface area contributed by atoms with Crippen LogP contribution in [0.25, 0.3) is 0 Å². The second-order valence-corrected chi connectivity index (χ2v) is 6.89. The Morgan fingerprint density at radius 1 is 1.20 bits per heavy atom. The van der Waals surface area contributed by atoms with Gasteiger partial charge in [0.05, 0.1) is 18.0 Å². The van der Waals surface area contributed by atoms with Crippen molar-refractivity contribution < 1.29 is 22.8 Å². The Bertz CT molecular complexity index is 626. The summed E-state index contributed by atoms with van der Waals surface area (Å²) in [6.07, 6.45) is -4.33. The van der Waals surface area contributed by atoms with E-state index in [0.29, 0.717) is 24.6 Å². The van der Waals surface area contributed by atoms with Crippen LogP contribution in [0.4, 0.5) is 13.2 Å². The molecular weight excluding hydrogens is 333 g/mol. The molecule has 4 nitrogen and oxygen atoms in total. The van der Waals surface area contributed by atoms with Crippen molar-refractivity contribution in [2.75, 3.05) is 13.1 Å². The van der Waals surface area contributed by atoms with Crippen LogP contribution in [0.2, 0.25) is 0 Å². The summed E-state index contributed by atoms with van der Waals surface area (Å²) in [6, 6.07) is 4.56. The maximum atomic E-state index is 12.6. The molecule has 2 atom stereocenters. The number of carbonyl (C=O) groups excluding carboxylic acids is 2. The van der Waals surface area contributed by atoms with E-state index in [0.717, 1.165) is 12.1 Å². The van der Waals surface area contributed by atoms with E-state index in [-0.39, 0.29) is 30.2 Å². The Morgan fingerprint density at radius 2 is 1.80 bits per heavy atom. The van der Waals surface area contributed by atoms with Crippen molar-refractivity contribution in [3.05, 3.63) is 35.4 Å². The molecule has 1 heterocycles. The zero-order valence-corrected chi connectivity index (χ0v) is 14.6. The highest BCUT2D eigenvalue weighted by atomic mass is 19.4. The second kappa shape index (κ2) is 7.45. The molecule has 0 spiro atoms. The van der Waals surface area contributed by atoms with Crippen molar-refractivity contribution in [1.29, 1.82) is 0 Å². The monoisotopic (exact) mass is 356 g/mol. The number of carbonyl (C=O) groups is 2. The molecule has 0 bridgehead atoms. The third kappa shape index (κ3) is 4.96. The number of alkyl halides is 3. The van der Waals surface area contributed by atoms with Gasteiger partial charge in [-0.3, -0.25) is 9.59 Å². The van der Waals surface area contributed by atoms with Gasteiger partial charge in [0.25, 0.3) is 0 Å². The standard InChI is InChI=1S/C18H23F3N2O2/c1-11(2)15-9-23(10-16(15)22-12(3)24)17(25)8-13-4-6-14(7-5-13)18(19,20)21/h4-7,11,15-16H,8-10H2,1-3H3,(H,22,24)/t15-,16+/m0/s1. The molecule has 2 amide bonds. The van der Waals surface area contributed by atoms with Crippen LogP contribution >= 0.6 is 0 Å². The number of hydrogen-bond donors (Lipinski definition) is 1. The fourth-order valence-electron chi connectivity index (χ4n) is 3.22. The van der Waals surface area contributed by atoms with Gasteiger partial charge in [-0.1, -0.05) is 26.0 Å². The number of amides is 2. The highest BCUT2D eigenvalue weighted by Crippen LogP contribution is 2.29. The number of nitrogens with one attached hydrogen (secondary N) is 1. The summed E-state index contributed by atoms with van der Waals surface area (Å²) < 4.78 is 37.8. The molecule has 0 aliphatic carbocycles. The van der Waals surface area contributed by atoms with Gasteiger partial charge in [0, 0.05) is 25.9 Å². The maximum Gasteiger partial charge on any atom is 0.416 e. The number of rotatable bonds is 4. The third-order valence-corrected chi connectivity index (χ3v) is 4.60. The molecule has 1 fully saturated rings. The van der Waals surface area contributed by atoms with Gasteiger partial charge in [-0.25, -0.2) is 0 Å². The first-order valence-electron chi connectivity index (χ1n) is 8.29. The summed E-state index contributed by atoms with van der Waals surface area (Å²) in [5, 5.41) is 2.89. The van der Waals surface area contributed by atoms with Gasteiger partial charge in [-0.05, 0) is 23.6 Å². The Morgan fingerprint density at radius 3 is 2.28 bits per heavy atom. The molecule has 1 aromatic rings. The first-order valence-corrected chi connectivity index (χ1v) is 8.29.